The molecule has 6 rings (SSSR count). The molecule has 1 unspecified atom stereocenters. The average molecular weight is 677 g/mol. The minimum atomic E-state index is -3.74. The molecule has 1 aliphatic heterocycles. The second kappa shape index (κ2) is 13.9. The van der Waals surface area contributed by atoms with Crippen molar-refractivity contribution in [3.8, 4) is 0 Å². The van der Waals surface area contributed by atoms with Gasteiger partial charge in [-0.2, -0.15) is 0 Å². The highest BCUT2D eigenvalue weighted by Crippen LogP contribution is 2.39. The van der Waals surface area contributed by atoms with E-state index in [1.165, 1.54) is 46.2 Å². The van der Waals surface area contributed by atoms with Gasteiger partial charge in [-0.15, -0.1) is 11.8 Å². The van der Waals surface area contributed by atoms with Gasteiger partial charge < -0.3 is 4.90 Å². The number of hydrogen-bond acceptors (Lipinski definition) is 8. The molecule has 1 aliphatic rings. The molecule has 0 N–H and O–H groups in total. The van der Waals surface area contributed by atoms with Gasteiger partial charge in [0, 0.05) is 37.3 Å². The fourth-order valence-electron chi connectivity index (χ4n) is 4.85. The van der Waals surface area contributed by atoms with Crippen molar-refractivity contribution in [1.82, 2.24) is 17.8 Å². The van der Waals surface area contributed by atoms with E-state index in [2.05, 4.69) is 4.98 Å². The van der Waals surface area contributed by atoms with E-state index >= 15 is 0 Å². The fraction of sp³-hybridized carbons (Fsp3) is 0.182. The van der Waals surface area contributed by atoms with E-state index in [1.807, 2.05) is 32.0 Å². The van der Waals surface area contributed by atoms with Crippen LogP contribution in [0.25, 0.3) is 0 Å². The zero-order valence-corrected chi connectivity index (χ0v) is 27.6. The predicted molar refractivity (Wildman–Crippen MR) is 177 cm³/mol. The third kappa shape index (κ3) is 7.01. The lowest BCUT2D eigenvalue weighted by Crippen LogP contribution is -2.32. The number of aldehydes is 1. The van der Waals surface area contributed by atoms with Crippen molar-refractivity contribution in [3.05, 3.63) is 138 Å². The van der Waals surface area contributed by atoms with Crippen LogP contribution in [0.4, 0.5) is 0 Å². The number of nitrogens with zero attached hydrogens (tertiary/aromatic N) is 4. The summed E-state index contributed by atoms with van der Waals surface area (Å²) in [7, 11) is -7.41. The molecule has 1 saturated heterocycles. The van der Waals surface area contributed by atoms with Crippen molar-refractivity contribution < 1.29 is 26.4 Å². The topological polar surface area (TPSA) is 128 Å². The number of carbonyl (C=O) groups excluding carboxylic acids is 2. The Balaban J connectivity index is 0.000000209. The molecule has 46 heavy (non-hydrogen) atoms. The number of rotatable bonds is 9. The lowest BCUT2D eigenvalue weighted by atomic mass is 10.2. The fourth-order valence-corrected chi connectivity index (χ4v) is 8.84. The van der Waals surface area contributed by atoms with Crippen molar-refractivity contribution in [2.24, 2.45) is 0 Å². The first kappa shape index (κ1) is 32.9. The summed E-state index contributed by atoms with van der Waals surface area (Å²) in [5.74, 6) is 0.347. The van der Waals surface area contributed by atoms with Gasteiger partial charge in [-0.05, 0) is 74.5 Å². The van der Waals surface area contributed by atoms with Crippen molar-refractivity contribution in [2.75, 3.05) is 12.3 Å². The van der Waals surface area contributed by atoms with Crippen LogP contribution in [0.15, 0.2) is 119 Å². The van der Waals surface area contributed by atoms with Crippen LogP contribution in [0.1, 0.15) is 38.4 Å². The van der Waals surface area contributed by atoms with E-state index < -0.39 is 20.0 Å². The summed E-state index contributed by atoms with van der Waals surface area (Å²) >= 11 is 1.45. The summed E-state index contributed by atoms with van der Waals surface area (Å²) in [6.45, 7) is 4.28. The van der Waals surface area contributed by atoms with Gasteiger partial charge >= 0.3 is 0 Å². The molecule has 10 nitrogen and oxygen atoms in total. The van der Waals surface area contributed by atoms with Gasteiger partial charge in [-0.25, -0.2) is 24.8 Å². The molecule has 4 heterocycles. The Morgan fingerprint density at radius 2 is 1.37 bits per heavy atom. The molecular weight excluding hydrogens is 645 g/mol. The second-order valence-corrected chi connectivity index (χ2v) is 15.2. The molecule has 1 amide bonds. The first-order valence-electron chi connectivity index (χ1n) is 14.3. The number of thioether (sulfide) groups is 1. The predicted octanol–water partition coefficient (Wildman–Crippen LogP) is 5.09. The maximum atomic E-state index is 13.2. The first-order chi connectivity index (χ1) is 22.0. The number of amides is 1. The highest BCUT2D eigenvalue weighted by atomic mass is 32.2. The molecule has 238 valence electrons. The number of benzene rings is 2. The quantitative estimate of drug-likeness (QED) is 0.198. The van der Waals surface area contributed by atoms with Crippen molar-refractivity contribution in [1.29, 1.82) is 0 Å². The monoisotopic (exact) mass is 676 g/mol. The molecule has 0 aliphatic carbocycles. The number of aryl methyl sites for hydroxylation is 2. The van der Waals surface area contributed by atoms with E-state index in [-0.39, 0.29) is 26.8 Å². The van der Waals surface area contributed by atoms with Crippen LogP contribution in [0.2, 0.25) is 0 Å². The maximum Gasteiger partial charge on any atom is 0.268 e. The molecular formula is C33H32N4O6S3. The van der Waals surface area contributed by atoms with Gasteiger partial charge in [0.15, 0.2) is 6.29 Å². The molecule has 0 saturated carbocycles. The Kier molecular flexibility index (Phi) is 9.94. The SMILES string of the molecule is Cc1ccc(S(=O)(=O)n2cccc2C2SCC(=O)N2CCc2ccccn2)cc1.Cc1ccc(S(=O)(=O)n2cccc2C=O)cc1. The van der Waals surface area contributed by atoms with Gasteiger partial charge in [-0.1, -0.05) is 41.5 Å². The summed E-state index contributed by atoms with van der Waals surface area (Å²) < 4.78 is 53.0. The van der Waals surface area contributed by atoms with Crippen LogP contribution in [-0.4, -0.2) is 59.2 Å². The van der Waals surface area contributed by atoms with Gasteiger partial charge in [0.25, 0.3) is 20.0 Å². The Hall–Kier alpha value is -4.46. The molecule has 2 aromatic carbocycles. The average Bonchev–Trinajstić information content (AvgIpc) is 3.82. The van der Waals surface area contributed by atoms with Crippen LogP contribution in [0, 0.1) is 13.8 Å². The number of carbonyl (C=O) groups is 2. The third-order valence-electron chi connectivity index (χ3n) is 7.32. The highest BCUT2D eigenvalue weighted by Gasteiger charge is 2.36. The minimum Gasteiger partial charge on any atom is -0.324 e. The van der Waals surface area contributed by atoms with E-state index in [1.54, 1.807) is 65.8 Å². The van der Waals surface area contributed by atoms with Gasteiger partial charge in [0.1, 0.15) is 5.37 Å². The van der Waals surface area contributed by atoms with E-state index in [4.69, 9.17) is 0 Å². The van der Waals surface area contributed by atoms with Crippen LogP contribution in [-0.2, 0) is 31.3 Å². The zero-order valence-electron chi connectivity index (χ0n) is 25.1. The van der Waals surface area contributed by atoms with Crippen molar-refractivity contribution in [2.45, 2.75) is 35.4 Å². The Labute approximate surface area is 272 Å². The standard InChI is InChI=1S/C21H21N3O3S2.C12H11NO3S/c1-16-7-9-18(10-8-16)29(26,27)24-13-4-6-19(24)21-23(20(25)15-28-21)14-11-17-5-2-3-12-22-17;1-10-4-6-12(7-5-10)17(15,16)13-8-2-3-11(13)9-14/h2-10,12-13,21H,11,14-15H2,1H3;2-9H,1H3. The van der Waals surface area contributed by atoms with E-state index in [0.717, 1.165) is 20.8 Å². The van der Waals surface area contributed by atoms with Crippen LogP contribution in [0.5, 0.6) is 0 Å². The number of hydrogen-bond donors (Lipinski definition) is 0. The highest BCUT2D eigenvalue weighted by molar-refractivity contribution is 8.00. The zero-order chi connectivity index (χ0) is 32.9. The summed E-state index contributed by atoms with van der Waals surface area (Å²) in [5.41, 5.74) is 3.58. The normalized spacial score (nSPS) is 15.0. The molecule has 0 bridgehead atoms. The smallest absolute Gasteiger partial charge is 0.268 e. The van der Waals surface area contributed by atoms with E-state index in [0.29, 0.717) is 30.7 Å². The van der Waals surface area contributed by atoms with Gasteiger partial charge in [0.05, 0.1) is 26.9 Å². The summed E-state index contributed by atoms with van der Waals surface area (Å²) in [4.78, 5) is 29.7. The molecule has 5 aromatic rings. The Bertz CT molecular complexity index is 2040. The maximum absolute atomic E-state index is 13.2. The van der Waals surface area contributed by atoms with Crippen molar-refractivity contribution in [3.63, 3.8) is 0 Å². The Morgan fingerprint density at radius 3 is 1.96 bits per heavy atom. The van der Waals surface area contributed by atoms with Crippen LogP contribution in [0.3, 0.4) is 0 Å². The second-order valence-electron chi connectivity index (χ2n) is 10.5. The number of aromatic nitrogens is 3. The lowest BCUT2D eigenvalue weighted by Gasteiger charge is -2.25. The Morgan fingerprint density at radius 1 is 0.783 bits per heavy atom. The molecule has 0 spiro atoms. The lowest BCUT2D eigenvalue weighted by molar-refractivity contribution is -0.128. The van der Waals surface area contributed by atoms with Crippen molar-refractivity contribution >= 4 is 44.0 Å². The first-order valence-corrected chi connectivity index (χ1v) is 18.2. The van der Waals surface area contributed by atoms with Crippen LogP contribution < -0.4 is 0 Å². The molecule has 1 atom stereocenters. The minimum absolute atomic E-state index is 0.0106. The number of pyridine rings is 1. The van der Waals surface area contributed by atoms with Crippen LogP contribution >= 0.6 is 11.8 Å². The van der Waals surface area contributed by atoms with Gasteiger partial charge in [-0.3, -0.25) is 14.6 Å². The summed E-state index contributed by atoms with van der Waals surface area (Å²) in [5, 5.41) is -0.346. The largest absolute Gasteiger partial charge is 0.324 e. The molecule has 0 radical (unpaired) electrons. The molecule has 13 heteroatoms. The molecule has 1 fully saturated rings. The molecule has 3 aromatic heterocycles. The third-order valence-corrected chi connectivity index (χ3v) is 12.0. The van der Waals surface area contributed by atoms with Gasteiger partial charge in [0.2, 0.25) is 5.91 Å². The summed E-state index contributed by atoms with van der Waals surface area (Å²) in [6.07, 6.45) is 5.78. The van der Waals surface area contributed by atoms with E-state index in [9.17, 15) is 26.4 Å². The summed E-state index contributed by atoms with van der Waals surface area (Å²) in [6, 6.07) is 25.4.